The Kier molecular flexibility index (Phi) is 6.23. The van der Waals surface area contributed by atoms with E-state index in [4.69, 9.17) is 5.11 Å². The van der Waals surface area contributed by atoms with E-state index in [9.17, 15) is 19.0 Å². The average molecular weight is 378 g/mol. The predicted molar refractivity (Wildman–Crippen MR) is 96.2 cm³/mol. The number of rotatable bonds is 3. The molecule has 1 aromatic heterocycles. The first-order valence-electron chi connectivity index (χ1n) is 9.12. The van der Waals surface area contributed by atoms with Crippen LogP contribution < -0.4 is 0 Å². The van der Waals surface area contributed by atoms with Gasteiger partial charge in [-0.15, -0.1) is 0 Å². The molecule has 146 valence electrons. The molecule has 1 saturated heterocycles. The Morgan fingerprint density at radius 3 is 2.19 bits per heavy atom. The maximum Gasteiger partial charge on any atom is 0.187 e. The first-order valence-corrected chi connectivity index (χ1v) is 9.12. The van der Waals surface area contributed by atoms with Crippen LogP contribution >= 0.6 is 0 Å². The highest BCUT2D eigenvalue weighted by Gasteiger charge is 2.36. The van der Waals surface area contributed by atoms with Gasteiger partial charge < -0.3 is 15.3 Å². The molecule has 0 radical (unpaired) electrons. The van der Waals surface area contributed by atoms with Gasteiger partial charge in [0.1, 0.15) is 11.9 Å². The number of likely N-dealkylation sites (tertiary alicyclic amines) is 1. The van der Waals surface area contributed by atoms with E-state index in [2.05, 4.69) is 9.88 Å². The lowest BCUT2D eigenvalue weighted by atomic mass is 10.0. The van der Waals surface area contributed by atoms with Crippen molar-refractivity contribution in [1.82, 2.24) is 9.88 Å². The van der Waals surface area contributed by atoms with Crippen molar-refractivity contribution in [3.63, 3.8) is 0 Å². The molecule has 0 spiro atoms. The van der Waals surface area contributed by atoms with Gasteiger partial charge in [0.05, 0.1) is 11.9 Å². The summed E-state index contributed by atoms with van der Waals surface area (Å²) < 4.78 is 24.2. The molecule has 1 aliphatic heterocycles. The number of aliphatic hydroxyl groups excluding tert-OH is 1. The Bertz CT molecular complexity index is 725. The number of pyridine rings is 1. The summed E-state index contributed by atoms with van der Waals surface area (Å²) in [5.41, 5.74) is 0.643. The van der Waals surface area contributed by atoms with E-state index in [0.29, 0.717) is 12.2 Å². The summed E-state index contributed by atoms with van der Waals surface area (Å²) in [6.07, 6.45) is 4.93. The van der Waals surface area contributed by atoms with Crippen LogP contribution in [0.2, 0.25) is 0 Å². The summed E-state index contributed by atoms with van der Waals surface area (Å²) in [7, 11) is 0. The van der Waals surface area contributed by atoms with Crippen molar-refractivity contribution in [3.8, 4) is 11.5 Å². The van der Waals surface area contributed by atoms with Crippen molar-refractivity contribution < 1.29 is 24.1 Å². The van der Waals surface area contributed by atoms with Crippen LogP contribution in [-0.4, -0.2) is 44.8 Å². The molecule has 27 heavy (non-hydrogen) atoms. The molecule has 1 saturated carbocycles. The van der Waals surface area contributed by atoms with Gasteiger partial charge in [-0.3, -0.25) is 9.88 Å². The van der Waals surface area contributed by atoms with Gasteiger partial charge in [-0.2, -0.15) is 0 Å². The molecular formula is C20H24F2N2O3. The van der Waals surface area contributed by atoms with Crippen molar-refractivity contribution in [2.24, 2.45) is 11.8 Å². The number of nitrogens with zero attached hydrogens (tertiary/aromatic N) is 2. The maximum absolute atomic E-state index is 12.1. The topological polar surface area (TPSA) is 76.8 Å². The third-order valence-corrected chi connectivity index (χ3v) is 5.28. The highest BCUT2D eigenvalue weighted by molar-refractivity contribution is 5.23. The second-order valence-corrected chi connectivity index (χ2v) is 7.20. The molecule has 3 N–H and O–H groups in total. The number of hydrogen-bond donors (Lipinski definition) is 3. The molecule has 2 aromatic rings. The summed E-state index contributed by atoms with van der Waals surface area (Å²) in [5.74, 6) is -0.945. The molecule has 7 heteroatoms. The quantitative estimate of drug-likeness (QED) is 0.765. The second kappa shape index (κ2) is 8.63. The number of hydrogen-bond acceptors (Lipinski definition) is 5. The number of benzene rings is 1. The van der Waals surface area contributed by atoms with E-state index in [-0.39, 0.29) is 5.75 Å². The number of phenolic OH excluding ortho intramolecular Hbond substituents is 1. The molecule has 4 rings (SSSR count). The third-order valence-electron chi connectivity index (χ3n) is 5.28. The Balaban J connectivity index is 0.000000197. The molecule has 1 aliphatic carbocycles. The van der Waals surface area contributed by atoms with E-state index < -0.39 is 23.5 Å². The zero-order valence-electron chi connectivity index (χ0n) is 14.9. The van der Waals surface area contributed by atoms with Crippen LogP contribution in [0.4, 0.5) is 8.78 Å². The van der Waals surface area contributed by atoms with Gasteiger partial charge in [-0.05, 0) is 48.9 Å². The number of aromatic hydroxyl groups is 2. The SMILES string of the molecule is Oc1c(F)cccc1F.Oc1ccc(C(O)CN2C[C@H]3CCC[C@H]3C2)nc1. The lowest BCUT2D eigenvalue weighted by Crippen LogP contribution is -2.27. The molecule has 0 bridgehead atoms. The summed E-state index contributed by atoms with van der Waals surface area (Å²) in [4.78, 5) is 6.42. The largest absolute Gasteiger partial charge is 0.506 e. The van der Waals surface area contributed by atoms with E-state index in [1.165, 1.54) is 31.5 Å². The Labute approximate surface area is 156 Å². The lowest BCUT2D eigenvalue weighted by Gasteiger charge is -2.20. The maximum atomic E-state index is 12.1. The van der Waals surface area contributed by atoms with Gasteiger partial charge in [0, 0.05) is 19.6 Å². The van der Waals surface area contributed by atoms with Gasteiger partial charge in [0.25, 0.3) is 0 Å². The minimum atomic E-state index is -0.935. The van der Waals surface area contributed by atoms with Crippen LogP contribution in [0.1, 0.15) is 31.1 Å². The fourth-order valence-electron chi connectivity index (χ4n) is 3.90. The van der Waals surface area contributed by atoms with Crippen LogP contribution in [0.3, 0.4) is 0 Å². The van der Waals surface area contributed by atoms with Gasteiger partial charge in [-0.1, -0.05) is 12.5 Å². The van der Waals surface area contributed by atoms with Crippen molar-refractivity contribution in [2.45, 2.75) is 25.4 Å². The van der Waals surface area contributed by atoms with Crippen molar-refractivity contribution in [2.75, 3.05) is 19.6 Å². The smallest absolute Gasteiger partial charge is 0.187 e. The molecule has 2 fully saturated rings. The fraction of sp³-hybridized carbons (Fsp3) is 0.450. The van der Waals surface area contributed by atoms with E-state index in [0.717, 1.165) is 37.1 Å². The summed E-state index contributed by atoms with van der Waals surface area (Å²) in [6, 6.07) is 6.42. The molecule has 2 aliphatic rings. The highest BCUT2D eigenvalue weighted by Crippen LogP contribution is 2.38. The standard InChI is InChI=1S/C14H20N2O2.C6H4F2O/c17-12-4-5-13(15-6-12)14(18)9-16-7-10-2-1-3-11(10)8-16;7-4-2-1-3-5(8)6(4)9/h4-6,10-11,14,17-18H,1-3,7-9H2;1-3,9H/t10-,11+,14?;. The Hall–Kier alpha value is -2.25. The number of fused-ring (bicyclic) bond motifs is 1. The molecule has 3 atom stereocenters. The third kappa shape index (κ3) is 4.93. The Morgan fingerprint density at radius 2 is 1.67 bits per heavy atom. The average Bonchev–Trinajstić information content (AvgIpc) is 3.22. The summed E-state index contributed by atoms with van der Waals surface area (Å²) in [6.45, 7) is 2.91. The molecular weight excluding hydrogens is 354 g/mol. The van der Waals surface area contributed by atoms with Gasteiger partial charge in [-0.25, -0.2) is 8.78 Å². The molecule has 1 unspecified atom stereocenters. The first kappa shape index (κ1) is 19.5. The number of aliphatic hydroxyl groups is 1. The van der Waals surface area contributed by atoms with E-state index in [1.54, 1.807) is 12.1 Å². The Morgan fingerprint density at radius 1 is 1.04 bits per heavy atom. The van der Waals surface area contributed by atoms with Gasteiger partial charge >= 0.3 is 0 Å². The van der Waals surface area contributed by atoms with Crippen LogP contribution in [0.5, 0.6) is 11.5 Å². The summed E-state index contributed by atoms with van der Waals surface area (Å²) in [5, 5.41) is 27.8. The zero-order valence-corrected chi connectivity index (χ0v) is 14.9. The second-order valence-electron chi connectivity index (χ2n) is 7.20. The van der Waals surface area contributed by atoms with E-state index in [1.807, 2.05) is 0 Å². The fourth-order valence-corrected chi connectivity index (χ4v) is 3.90. The van der Waals surface area contributed by atoms with Crippen molar-refractivity contribution >= 4 is 0 Å². The number of β-amino-alcohol motifs (C(OH)–C–C–N with tert-alkyl or cyclic N) is 1. The van der Waals surface area contributed by atoms with Crippen LogP contribution in [0, 0.1) is 23.5 Å². The van der Waals surface area contributed by atoms with Gasteiger partial charge in [0.15, 0.2) is 17.4 Å². The van der Waals surface area contributed by atoms with Crippen LogP contribution in [0.25, 0.3) is 0 Å². The summed E-state index contributed by atoms with van der Waals surface area (Å²) >= 11 is 0. The monoisotopic (exact) mass is 378 g/mol. The number of phenols is 1. The minimum absolute atomic E-state index is 0.140. The molecule has 0 amide bonds. The van der Waals surface area contributed by atoms with Crippen molar-refractivity contribution in [3.05, 3.63) is 53.9 Å². The molecule has 1 aromatic carbocycles. The van der Waals surface area contributed by atoms with Gasteiger partial charge in [0.2, 0.25) is 0 Å². The van der Waals surface area contributed by atoms with Crippen LogP contribution in [-0.2, 0) is 0 Å². The zero-order chi connectivity index (χ0) is 19.4. The lowest BCUT2D eigenvalue weighted by molar-refractivity contribution is 0.118. The highest BCUT2D eigenvalue weighted by atomic mass is 19.1. The number of halogens is 2. The normalized spacial score (nSPS) is 22.8. The number of para-hydroxylation sites is 1. The predicted octanol–water partition coefficient (Wildman–Crippen LogP) is 3.22. The van der Waals surface area contributed by atoms with Crippen molar-refractivity contribution in [1.29, 1.82) is 0 Å². The van der Waals surface area contributed by atoms with E-state index >= 15 is 0 Å². The number of aromatic nitrogens is 1. The minimum Gasteiger partial charge on any atom is -0.506 e. The molecule has 2 heterocycles. The first-order chi connectivity index (χ1) is 12.9. The van der Waals surface area contributed by atoms with Crippen LogP contribution in [0.15, 0.2) is 36.5 Å². The molecule has 5 nitrogen and oxygen atoms in total.